The molecular weight excluding hydrogens is 308 g/mol. The number of H-pyrrole nitrogens is 1. The molecule has 4 rings (SSSR count). The SMILES string of the molecule is c1ccc(-c2ccc(Nc3nccs3)cc2-c2ncn[nH]2)nc1. The zero-order valence-electron chi connectivity index (χ0n) is 12.0. The van der Waals surface area contributed by atoms with Crippen LogP contribution in [-0.2, 0) is 0 Å². The van der Waals surface area contributed by atoms with E-state index in [1.807, 2.05) is 41.8 Å². The molecule has 1 aromatic carbocycles. The van der Waals surface area contributed by atoms with Crippen LogP contribution >= 0.6 is 11.3 Å². The van der Waals surface area contributed by atoms with E-state index in [-0.39, 0.29) is 0 Å². The highest BCUT2D eigenvalue weighted by molar-refractivity contribution is 7.13. The third kappa shape index (κ3) is 2.82. The number of benzene rings is 1. The van der Waals surface area contributed by atoms with E-state index in [9.17, 15) is 0 Å². The van der Waals surface area contributed by atoms with E-state index in [0.717, 1.165) is 27.6 Å². The van der Waals surface area contributed by atoms with Crippen molar-refractivity contribution in [2.24, 2.45) is 0 Å². The fourth-order valence-electron chi connectivity index (χ4n) is 2.31. The summed E-state index contributed by atoms with van der Waals surface area (Å²) < 4.78 is 0. The van der Waals surface area contributed by atoms with Crippen molar-refractivity contribution in [3.63, 3.8) is 0 Å². The highest BCUT2D eigenvalue weighted by atomic mass is 32.1. The number of pyridine rings is 1. The van der Waals surface area contributed by atoms with Crippen molar-refractivity contribution in [1.29, 1.82) is 0 Å². The average molecular weight is 320 g/mol. The summed E-state index contributed by atoms with van der Waals surface area (Å²) in [5.41, 5.74) is 3.75. The molecule has 0 saturated carbocycles. The smallest absolute Gasteiger partial charge is 0.187 e. The van der Waals surface area contributed by atoms with Gasteiger partial charge in [0, 0.05) is 34.6 Å². The molecule has 23 heavy (non-hydrogen) atoms. The van der Waals surface area contributed by atoms with Gasteiger partial charge in [-0.15, -0.1) is 11.3 Å². The van der Waals surface area contributed by atoms with Crippen molar-refractivity contribution in [3.8, 4) is 22.6 Å². The molecule has 0 aliphatic heterocycles. The van der Waals surface area contributed by atoms with Gasteiger partial charge in [-0.1, -0.05) is 12.1 Å². The van der Waals surface area contributed by atoms with Crippen LogP contribution in [0.1, 0.15) is 0 Å². The van der Waals surface area contributed by atoms with Crippen LogP contribution in [0.15, 0.2) is 60.5 Å². The maximum absolute atomic E-state index is 4.43. The molecule has 0 saturated heterocycles. The van der Waals surface area contributed by atoms with E-state index in [4.69, 9.17) is 0 Å². The minimum absolute atomic E-state index is 0.702. The van der Waals surface area contributed by atoms with Gasteiger partial charge in [-0.2, -0.15) is 5.10 Å². The minimum Gasteiger partial charge on any atom is -0.332 e. The number of anilines is 2. The first-order valence-corrected chi connectivity index (χ1v) is 7.86. The van der Waals surface area contributed by atoms with Gasteiger partial charge >= 0.3 is 0 Å². The summed E-state index contributed by atoms with van der Waals surface area (Å²) in [5.74, 6) is 0.702. The van der Waals surface area contributed by atoms with E-state index in [0.29, 0.717) is 5.82 Å². The minimum atomic E-state index is 0.702. The molecule has 0 bridgehead atoms. The summed E-state index contributed by atoms with van der Waals surface area (Å²) in [6.45, 7) is 0. The summed E-state index contributed by atoms with van der Waals surface area (Å²) in [4.78, 5) is 13.0. The Labute approximate surface area is 136 Å². The van der Waals surface area contributed by atoms with Crippen molar-refractivity contribution in [2.75, 3.05) is 5.32 Å². The Morgan fingerprint density at radius 2 is 1.96 bits per heavy atom. The summed E-state index contributed by atoms with van der Waals surface area (Å²) >= 11 is 1.55. The number of hydrogen-bond donors (Lipinski definition) is 2. The zero-order valence-corrected chi connectivity index (χ0v) is 12.8. The van der Waals surface area contributed by atoms with Crippen molar-refractivity contribution in [2.45, 2.75) is 0 Å². The third-order valence-electron chi connectivity index (χ3n) is 3.31. The molecule has 0 amide bonds. The van der Waals surface area contributed by atoms with Crippen LogP contribution in [-0.4, -0.2) is 25.1 Å². The lowest BCUT2D eigenvalue weighted by Gasteiger charge is -2.10. The van der Waals surface area contributed by atoms with E-state index in [1.54, 1.807) is 23.7 Å². The Balaban J connectivity index is 1.80. The van der Waals surface area contributed by atoms with Crippen LogP contribution in [0.5, 0.6) is 0 Å². The first kappa shape index (κ1) is 13.6. The highest BCUT2D eigenvalue weighted by Crippen LogP contribution is 2.32. The average Bonchev–Trinajstić information content (AvgIpc) is 3.29. The van der Waals surface area contributed by atoms with Crippen LogP contribution in [0.2, 0.25) is 0 Å². The molecule has 0 atom stereocenters. The number of rotatable bonds is 4. The van der Waals surface area contributed by atoms with Gasteiger partial charge in [0.25, 0.3) is 0 Å². The predicted molar refractivity (Wildman–Crippen MR) is 90.4 cm³/mol. The normalized spacial score (nSPS) is 10.6. The van der Waals surface area contributed by atoms with Crippen molar-refractivity contribution >= 4 is 22.2 Å². The molecule has 0 aliphatic carbocycles. The number of aromatic amines is 1. The molecule has 2 N–H and O–H groups in total. The summed E-state index contributed by atoms with van der Waals surface area (Å²) in [6.07, 6.45) is 5.05. The molecular formula is C16H12N6S. The van der Waals surface area contributed by atoms with Gasteiger partial charge in [-0.05, 0) is 24.3 Å². The molecule has 4 aromatic rings. The number of thiazole rings is 1. The Morgan fingerprint density at radius 1 is 0.957 bits per heavy atom. The second kappa shape index (κ2) is 5.98. The van der Waals surface area contributed by atoms with Crippen molar-refractivity contribution in [1.82, 2.24) is 25.1 Å². The van der Waals surface area contributed by atoms with E-state index >= 15 is 0 Å². The van der Waals surface area contributed by atoms with Gasteiger partial charge in [-0.3, -0.25) is 10.1 Å². The molecule has 0 aliphatic rings. The Bertz CT molecular complexity index is 888. The Morgan fingerprint density at radius 3 is 2.70 bits per heavy atom. The molecule has 0 radical (unpaired) electrons. The predicted octanol–water partition coefficient (Wildman–Crippen LogP) is 3.73. The monoisotopic (exact) mass is 320 g/mol. The Hall–Kier alpha value is -3.06. The maximum Gasteiger partial charge on any atom is 0.187 e. The van der Waals surface area contributed by atoms with Gasteiger partial charge in [0.1, 0.15) is 6.33 Å². The van der Waals surface area contributed by atoms with Gasteiger partial charge in [0.2, 0.25) is 0 Å². The van der Waals surface area contributed by atoms with Gasteiger partial charge in [-0.25, -0.2) is 9.97 Å². The molecule has 3 heterocycles. The van der Waals surface area contributed by atoms with E-state index in [2.05, 4.69) is 30.5 Å². The molecule has 0 fully saturated rings. The van der Waals surface area contributed by atoms with Crippen LogP contribution in [0.3, 0.4) is 0 Å². The zero-order chi connectivity index (χ0) is 15.5. The fourth-order valence-corrected chi connectivity index (χ4v) is 2.86. The molecule has 112 valence electrons. The second-order valence-corrected chi connectivity index (χ2v) is 5.67. The molecule has 7 heteroatoms. The molecule has 0 spiro atoms. The highest BCUT2D eigenvalue weighted by Gasteiger charge is 2.12. The van der Waals surface area contributed by atoms with Crippen LogP contribution in [0.25, 0.3) is 22.6 Å². The lowest BCUT2D eigenvalue weighted by molar-refractivity contribution is 1.09. The van der Waals surface area contributed by atoms with Crippen LogP contribution < -0.4 is 5.32 Å². The number of nitrogens with one attached hydrogen (secondary N) is 2. The quantitative estimate of drug-likeness (QED) is 0.599. The van der Waals surface area contributed by atoms with Crippen LogP contribution in [0.4, 0.5) is 10.8 Å². The van der Waals surface area contributed by atoms with Crippen molar-refractivity contribution in [3.05, 3.63) is 60.5 Å². The van der Waals surface area contributed by atoms with Crippen LogP contribution in [0, 0.1) is 0 Å². The van der Waals surface area contributed by atoms with Gasteiger partial charge in [0.05, 0.1) is 5.69 Å². The summed E-state index contributed by atoms with van der Waals surface area (Å²) in [6, 6.07) is 11.9. The second-order valence-electron chi connectivity index (χ2n) is 4.77. The summed E-state index contributed by atoms with van der Waals surface area (Å²) in [7, 11) is 0. The number of hydrogen-bond acceptors (Lipinski definition) is 6. The maximum atomic E-state index is 4.43. The van der Waals surface area contributed by atoms with Gasteiger partial charge in [0.15, 0.2) is 11.0 Å². The first-order valence-electron chi connectivity index (χ1n) is 6.98. The fraction of sp³-hybridized carbons (Fsp3) is 0. The number of nitrogens with zero attached hydrogens (tertiary/aromatic N) is 4. The van der Waals surface area contributed by atoms with E-state index in [1.165, 1.54) is 6.33 Å². The summed E-state index contributed by atoms with van der Waals surface area (Å²) in [5, 5.41) is 12.9. The first-order chi connectivity index (χ1) is 11.4. The van der Waals surface area contributed by atoms with Gasteiger partial charge < -0.3 is 5.32 Å². The third-order valence-corrected chi connectivity index (χ3v) is 4.00. The largest absolute Gasteiger partial charge is 0.332 e. The lowest BCUT2D eigenvalue weighted by atomic mass is 10.0. The molecule has 6 nitrogen and oxygen atoms in total. The topological polar surface area (TPSA) is 79.4 Å². The molecule has 0 unspecified atom stereocenters. The van der Waals surface area contributed by atoms with E-state index < -0.39 is 0 Å². The molecule has 3 aromatic heterocycles. The lowest BCUT2D eigenvalue weighted by Crippen LogP contribution is -1.94. The van der Waals surface area contributed by atoms with Crippen molar-refractivity contribution < 1.29 is 0 Å². The standard InChI is InChI=1S/C16H12N6S/c1-2-6-17-14(3-1)12-5-4-11(21-16-18-7-8-23-16)9-13(12)15-19-10-20-22-15/h1-10H,(H,18,21)(H,19,20,22). The number of aromatic nitrogens is 5. The Kier molecular flexibility index (Phi) is 3.53.